The lowest BCUT2D eigenvalue weighted by molar-refractivity contribution is -0.102. The van der Waals surface area contributed by atoms with Crippen LogP contribution in [0.1, 0.15) is 5.56 Å². The lowest BCUT2D eigenvalue weighted by Crippen LogP contribution is -2.32. The Kier molecular flexibility index (Phi) is 4.55. The van der Waals surface area contributed by atoms with E-state index in [-0.39, 0.29) is 0 Å². The lowest BCUT2D eigenvalue weighted by Gasteiger charge is -2.29. The van der Waals surface area contributed by atoms with Gasteiger partial charge in [-0.15, -0.1) is 0 Å². The summed E-state index contributed by atoms with van der Waals surface area (Å²) in [7, 11) is 0. The Morgan fingerprint density at radius 1 is 0.962 bits per heavy atom. The van der Waals surface area contributed by atoms with E-state index in [2.05, 4.69) is 28.1 Å². The van der Waals surface area contributed by atoms with Crippen LogP contribution in [0, 0.1) is 0 Å². The van der Waals surface area contributed by atoms with E-state index in [4.69, 9.17) is 11.6 Å². The molecule has 0 amide bonds. The summed E-state index contributed by atoms with van der Waals surface area (Å²) in [6, 6.07) is 24.1. The number of hydrogen-bond donors (Lipinski definition) is 0. The van der Waals surface area contributed by atoms with Gasteiger partial charge in [0.15, 0.2) is 6.29 Å². The summed E-state index contributed by atoms with van der Waals surface area (Å²) in [5, 5.41) is 0.711. The van der Waals surface area contributed by atoms with Gasteiger partial charge in [0.1, 0.15) is 5.71 Å². The van der Waals surface area contributed by atoms with E-state index >= 15 is 0 Å². The molecule has 0 bridgehead atoms. The summed E-state index contributed by atoms with van der Waals surface area (Å²) < 4.78 is 0. The summed E-state index contributed by atoms with van der Waals surface area (Å²) >= 11 is 6.14. The van der Waals surface area contributed by atoms with Crippen molar-refractivity contribution in [1.82, 2.24) is 0 Å². The molecular weight excluding hydrogens is 344 g/mol. The van der Waals surface area contributed by atoms with Crippen LogP contribution >= 0.6 is 11.6 Å². The van der Waals surface area contributed by atoms with Crippen LogP contribution in [0.15, 0.2) is 77.8 Å². The number of anilines is 1. The minimum Gasteiger partial charge on any atom is -0.359 e. The molecule has 3 aromatic rings. The van der Waals surface area contributed by atoms with Crippen molar-refractivity contribution in [3.8, 4) is 11.1 Å². The van der Waals surface area contributed by atoms with Crippen LogP contribution in [0.2, 0.25) is 5.02 Å². The SMILES string of the molecule is O=CC1=Nc2ccc(-c3cccc(Cl)c3)cc2N(Cc2ccccc2)C1. The molecule has 0 atom stereocenters. The van der Waals surface area contributed by atoms with E-state index in [1.54, 1.807) is 0 Å². The zero-order valence-corrected chi connectivity index (χ0v) is 14.9. The number of halogens is 1. The second kappa shape index (κ2) is 7.14. The number of benzene rings is 3. The molecule has 0 saturated carbocycles. The first-order valence-corrected chi connectivity index (χ1v) is 8.82. The van der Waals surface area contributed by atoms with Gasteiger partial charge in [0.25, 0.3) is 0 Å². The van der Waals surface area contributed by atoms with E-state index in [9.17, 15) is 4.79 Å². The van der Waals surface area contributed by atoms with Crippen molar-refractivity contribution < 1.29 is 4.79 Å². The van der Waals surface area contributed by atoms with Crippen LogP contribution in [0.5, 0.6) is 0 Å². The maximum Gasteiger partial charge on any atom is 0.166 e. The van der Waals surface area contributed by atoms with Crippen LogP contribution < -0.4 is 4.90 Å². The van der Waals surface area contributed by atoms with Crippen molar-refractivity contribution in [3.63, 3.8) is 0 Å². The van der Waals surface area contributed by atoms with Crippen LogP contribution in [0.4, 0.5) is 11.4 Å². The first kappa shape index (κ1) is 16.6. The second-order valence-corrected chi connectivity index (χ2v) is 6.71. The van der Waals surface area contributed by atoms with Gasteiger partial charge in [-0.3, -0.25) is 4.79 Å². The number of carbonyl (C=O) groups is 1. The Balaban J connectivity index is 1.76. The average molecular weight is 361 g/mol. The van der Waals surface area contributed by atoms with Crippen molar-refractivity contribution >= 4 is 35.0 Å². The van der Waals surface area contributed by atoms with Gasteiger partial charge in [-0.2, -0.15) is 0 Å². The number of carbonyl (C=O) groups excluding carboxylic acids is 1. The van der Waals surface area contributed by atoms with Gasteiger partial charge in [-0.05, 0) is 41.0 Å². The van der Waals surface area contributed by atoms with Gasteiger partial charge in [0.2, 0.25) is 0 Å². The van der Waals surface area contributed by atoms with Gasteiger partial charge in [-0.25, -0.2) is 4.99 Å². The molecule has 0 aliphatic carbocycles. The minimum absolute atomic E-state index is 0.504. The van der Waals surface area contributed by atoms with E-state index in [1.807, 2.05) is 54.6 Å². The summed E-state index contributed by atoms with van der Waals surface area (Å²) in [4.78, 5) is 18.0. The molecular formula is C22H17ClN2O. The monoisotopic (exact) mass is 360 g/mol. The largest absolute Gasteiger partial charge is 0.359 e. The highest BCUT2D eigenvalue weighted by atomic mass is 35.5. The lowest BCUT2D eigenvalue weighted by atomic mass is 10.0. The Bertz CT molecular complexity index is 982. The highest BCUT2D eigenvalue weighted by Crippen LogP contribution is 2.37. The maximum absolute atomic E-state index is 11.3. The number of nitrogens with zero attached hydrogens (tertiary/aromatic N) is 2. The van der Waals surface area contributed by atoms with Crippen molar-refractivity contribution in [1.29, 1.82) is 0 Å². The predicted molar refractivity (Wildman–Crippen MR) is 108 cm³/mol. The maximum atomic E-state index is 11.3. The normalized spacial score (nSPS) is 13.1. The van der Waals surface area contributed by atoms with Crippen LogP contribution in [0.25, 0.3) is 11.1 Å². The molecule has 0 aromatic heterocycles. The molecule has 128 valence electrons. The Labute approximate surface area is 157 Å². The first-order chi connectivity index (χ1) is 12.7. The number of aldehydes is 1. The highest BCUT2D eigenvalue weighted by Gasteiger charge is 2.20. The predicted octanol–water partition coefficient (Wildman–Crippen LogP) is 5.30. The third kappa shape index (κ3) is 3.39. The molecule has 4 rings (SSSR count). The zero-order chi connectivity index (χ0) is 17.9. The molecule has 3 aromatic carbocycles. The summed E-state index contributed by atoms with van der Waals surface area (Å²) in [6.45, 7) is 1.23. The van der Waals surface area contributed by atoms with E-state index < -0.39 is 0 Å². The van der Waals surface area contributed by atoms with Gasteiger partial charge in [0.05, 0.1) is 17.9 Å². The fourth-order valence-electron chi connectivity index (χ4n) is 3.20. The Morgan fingerprint density at radius 2 is 1.77 bits per heavy atom. The van der Waals surface area contributed by atoms with Gasteiger partial charge in [-0.1, -0.05) is 60.1 Å². The molecule has 0 spiro atoms. The zero-order valence-electron chi connectivity index (χ0n) is 14.1. The first-order valence-electron chi connectivity index (χ1n) is 8.44. The third-order valence-electron chi connectivity index (χ3n) is 4.44. The van der Waals surface area contributed by atoms with Crippen LogP contribution in [-0.4, -0.2) is 18.5 Å². The van der Waals surface area contributed by atoms with Gasteiger partial charge in [0, 0.05) is 11.6 Å². The number of aliphatic imine (C=N–C) groups is 1. The van der Waals surface area contributed by atoms with Crippen LogP contribution in [-0.2, 0) is 11.3 Å². The average Bonchev–Trinajstić information content (AvgIpc) is 2.68. The highest BCUT2D eigenvalue weighted by molar-refractivity contribution is 6.31. The second-order valence-electron chi connectivity index (χ2n) is 6.28. The molecule has 0 radical (unpaired) electrons. The fraction of sp³-hybridized carbons (Fsp3) is 0.0909. The summed E-state index contributed by atoms with van der Waals surface area (Å²) in [6.07, 6.45) is 0.839. The van der Waals surface area contributed by atoms with Crippen molar-refractivity contribution in [3.05, 3.63) is 83.4 Å². The van der Waals surface area contributed by atoms with Crippen molar-refractivity contribution in [2.75, 3.05) is 11.4 Å². The van der Waals surface area contributed by atoms with Crippen LogP contribution in [0.3, 0.4) is 0 Å². The Morgan fingerprint density at radius 3 is 2.54 bits per heavy atom. The standard InChI is InChI=1S/C22H17ClN2O/c23-19-8-4-7-17(11-19)18-9-10-21-22(12-18)25(14-20(15-26)24-21)13-16-5-2-1-3-6-16/h1-12,15H,13-14H2. The van der Waals surface area contributed by atoms with Crippen molar-refractivity contribution in [2.24, 2.45) is 4.99 Å². The smallest absolute Gasteiger partial charge is 0.166 e. The molecule has 4 heteroatoms. The topological polar surface area (TPSA) is 32.7 Å². The number of hydrogen-bond acceptors (Lipinski definition) is 3. The molecule has 1 aliphatic rings. The molecule has 3 nitrogen and oxygen atoms in total. The third-order valence-corrected chi connectivity index (χ3v) is 4.68. The van der Waals surface area contributed by atoms with E-state index in [0.29, 0.717) is 17.3 Å². The molecule has 0 unspecified atom stereocenters. The van der Waals surface area contributed by atoms with E-state index in [0.717, 1.165) is 35.3 Å². The summed E-state index contributed by atoms with van der Waals surface area (Å²) in [5.74, 6) is 0. The molecule has 0 N–H and O–H groups in total. The summed E-state index contributed by atoms with van der Waals surface area (Å²) in [5.41, 5.74) is 5.72. The fourth-order valence-corrected chi connectivity index (χ4v) is 3.39. The van der Waals surface area contributed by atoms with Gasteiger partial charge >= 0.3 is 0 Å². The molecule has 1 heterocycles. The van der Waals surface area contributed by atoms with Crippen molar-refractivity contribution in [2.45, 2.75) is 6.54 Å². The van der Waals surface area contributed by atoms with E-state index in [1.165, 1.54) is 5.56 Å². The minimum atomic E-state index is 0.504. The number of fused-ring (bicyclic) bond motifs is 1. The molecule has 26 heavy (non-hydrogen) atoms. The quantitative estimate of drug-likeness (QED) is 0.591. The molecule has 1 aliphatic heterocycles. The Hall–Kier alpha value is -2.91. The van der Waals surface area contributed by atoms with Gasteiger partial charge < -0.3 is 4.90 Å². The molecule has 0 fully saturated rings. The number of rotatable bonds is 4. The molecule has 0 saturated heterocycles.